The van der Waals surface area contributed by atoms with E-state index in [0.29, 0.717) is 35.1 Å². The number of rotatable bonds is 5. The fourth-order valence-electron chi connectivity index (χ4n) is 2.15. The van der Waals surface area contributed by atoms with E-state index in [2.05, 4.69) is 11.2 Å². The van der Waals surface area contributed by atoms with Crippen LogP contribution in [-0.4, -0.2) is 27.5 Å². The van der Waals surface area contributed by atoms with Gasteiger partial charge in [0.05, 0.1) is 17.9 Å². The summed E-state index contributed by atoms with van der Waals surface area (Å²) in [5, 5.41) is 22.6. The summed E-state index contributed by atoms with van der Waals surface area (Å²) in [5.41, 5.74) is 7.12. The van der Waals surface area contributed by atoms with Crippen molar-refractivity contribution in [3.05, 3.63) is 29.5 Å². The molecule has 0 saturated heterocycles. The van der Waals surface area contributed by atoms with E-state index in [1.54, 1.807) is 18.2 Å². The predicted octanol–water partition coefficient (Wildman–Crippen LogP) is 2.27. The largest absolute Gasteiger partial charge is 0.492 e. The molecule has 2 rings (SSSR count). The highest BCUT2D eigenvalue weighted by atomic mass is 16.5. The normalized spacial score (nSPS) is 10.6. The quantitative estimate of drug-likeness (QED) is 0.875. The zero-order valence-corrected chi connectivity index (χ0v) is 13.2. The van der Waals surface area contributed by atoms with Crippen molar-refractivity contribution in [1.29, 1.82) is 5.26 Å². The summed E-state index contributed by atoms with van der Waals surface area (Å²) in [5.74, 6) is -0.329. The Morgan fingerprint density at radius 1 is 1.52 bits per heavy atom. The van der Waals surface area contributed by atoms with Gasteiger partial charge in [-0.1, -0.05) is 13.8 Å². The third kappa shape index (κ3) is 3.26. The number of hydrogen-bond acceptors (Lipinski definition) is 5. The number of carboxylic acids is 1. The lowest BCUT2D eigenvalue weighted by atomic mass is 10.1. The fourth-order valence-corrected chi connectivity index (χ4v) is 2.15. The zero-order valence-electron chi connectivity index (χ0n) is 13.2. The molecule has 0 amide bonds. The van der Waals surface area contributed by atoms with Gasteiger partial charge >= 0.3 is 5.97 Å². The van der Waals surface area contributed by atoms with Gasteiger partial charge in [0.25, 0.3) is 0 Å². The van der Waals surface area contributed by atoms with Crippen LogP contribution in [0.15, 0.2) is 18.2 Å². The van der Waals surface area contributed by atoms with Gasteiger partial charge in [-0.2, -0.15) is 10.4 Å². The van der Waals surface area contributed by atoms with Crippen LogP contribution in [0.4, 0.5) is 5.69 Å². The number of hydrogen-bond donors (Lipinski definition) is 2. The molecule has 0 radical (unpaired) electrons. The monoisotopic (exact) mass is 314 g/mol. The average Bonchev–Trinajstić information content (AvgIpc) is 2.79. The number of benzene rings is 1. The van der Waals surface area contributed by atoms with Crippen molar-refractivity contribution in [2.75, 3.05) is 12.3 Å². The van der Waals surface area contributed by atoms with Crippen LogP contribution in [0.5, 0.6) is 5.75 Å². The first-order chi connectivity index (χ1) is 10.8. The van der Waals surface area contributed by atoms with Crippen molar-refractivity contribution in [3.63, 3.8) is 0 Å². The third-order valence-electron chi connectivity index (χ3n) is 3.23. The van der Waals surface area contributed by atoms with Gasteiger partial charge in [0.1, 0.15) is 17.5 Å². The standard InChI is InChI=1S/C16H18N4O3/c1-9(2)8-23-12-5-4-10(6-11(12)7-17)14-13(18)15(16(21)22)20(3)19-14/h4-6,9H,8,18H2,1-3H3,(H,21,22). The molecule has 0 saturated carbocycles. The molecule has 7 heteroatoms. The van der Waals surface area contributed by atoms with Crippen LogP contribution in [0.25, 0.3) is 11.3 Å². The lowest BCUT2D eigenvalue weighted by molar-refractivity contribution is 0.0686. The Morgan fingerprint density at radius 3 is 2.74 bits per heavy atom. The SMILES string of the molecule is CC(C)COc1ccc(-c2nn(C)c(C(=O)O)c2N)cc1C#N. The number of anilines is 1. The highest BCUT2D eigenvalue weighted by Gasteiger charge is 2.21. The van der Waals surface area contributed by atoms with Crippen LogP contribution < -0.4 is 10.5 Å². The highest BCUT2D eigenvalue weighted by Crippen LogP contribution is 2.31. The van der Waals surface area contributed by atoms with Gasteiger partial charge in [0.15, 0.2) is 5.69 Å². The fraction of sp³-hybridized carbons (Fsp3) is 0.312. The Bertz CT molecular complexity index is 787. The Balaban J connectivity index is 2.44. The Hall–Kier alpha value is -3.01. The molecule has 3 N–H and O–H groups in total. The molecule has 1 aromatic heterocycles. The molecule has 0 spiro atoms. The third-order valence-corrected chi connectivity index (χ3v) is 3.23. The molecular weight excluding hydrogens is 296 g/mol. The van der Waals surface area contributed by atoms with E-state index >= 15 is 0 Å². The van der Waals surface area contributed by atoms with Gasteiger partial charge in [-0.05, 0) is 24.1 Å². The lowest BCUT2D eigenvalue weighted by Crippen LogP contribution is -2.07. The molecule has 0 bridgehead atoms. The molecule has 0 aliphatic carbocycles. The van der Waals surface area contributed by atoms with Crippen LogP contribution in [0.2, 0.25) is 0 Å². The maximum Gasteiger partial charge on any atom is 0.356 e. The van der Waals surface area contributed by atoms with Crippen molar-refractivity contribution >= 4 is 11.7 Å². The molecule has 23 heavy (non-hydrogen) atoms. The molecule has 0 aliphatic heterocycles. The lowest BCUT2D eigenvalue weighted by Gasteiger charge is -2.10. The Kier molecular flexibility index (Phi) is 4.55. The van der Waals surface area contributed by atoms with Crippen LogP contribution in [0.1, 0.15) is 29.9 Å². The smallest absolute Gasteiger partial charge is 0.356 e. The number of carboxylic acid groups (broad SMARTS) is 1. The molecular formula is C16H18N4O3. The zero-order chi connectivity index (χ0) is 17.1. The minimum Gasteiger partial charge on any atom is -0.492 e. The van der Waals surface area contributed by atoms with Crippen molar-refractivity contribution in [2.45, 2.75) is 13.8 Å². The molecule has 2 aromatic rings. The van der Waals surface area contributed by atoms with Crippen molar-refractivity contribution in [3.8, 4) is 23.1 Å². The number of nitriles is 1. The second-order valence-corrected chi connectivity index (χ2v) is 5.57. The van der Waals surface area contributed by atoms with E-state index in [9.17, 15) is 10.1 Å². The van der Waals surface area contributed by atoms with E-state index in [0.717, 1.165) is 0 Å². The van der Waals surface area contributed by atoms with Crippen LogP contribution in [-0.2, 0) is 7.05 Å². The Labute approximate surface area is 133 Å². The molecule has 0 aliphatic rings. The van der Waals surface area contributed by atoms with Gasteiger partial charge in [0, 0.05) is 12.6 Å². The summed E-state index contributed by atoms with van der Waals surface area (Å²) in [6.45, 7) is 4.54. The van der Waals surface area contributed by atoms with Gasteiger partial charge in [0.2, 0.25) is 0 Å². The molecule has 7 nitrogen and oxygen atoms in total. The second kappa shape index (κ2) is 6.40. The number of nitrogen functional groups attached to an aromatic ring is 1. The van der Waals surface area contributed by atoms with Gasteiger partial charge < -0.3 is 15.6 Å². The second-order valence-electron chi connectivity index (χ2n) is 5.57. The predicted molar refractivity (Wildman–Crippen MR) is 85.1 cm³/mol. The van der Waals surface area contributed by atoms with Crippen molar-refractivity contribution < 1.29 is 14.6 Å². The number of nitrogens with zero attached hydrogens (tertiary/aromatic N) is 3. The maximum atomic E-state index is 11.2. The number of ether oxygens (including phenoxy) is 1. The summed E-state index contributed by atoms with van der Waals surface area (Å²) in [4.78, 5) is 11.2. The van der Waals surface area contributed by atoms with E-state index < -0.39 is 5.97 Å². The Morgan fingerprint density at radius 2 is 2.22 bits per heavy atom. The minimum absolute atomic E-state index is 0.0692. The summed E-state index contributed by atoms with van der Waals surface area (Å²) in [6, 6.07) is 7.05. The molecule has 0 atom stereocenters. The average molecular weight is 314 g/mol. The first-order valence-electron chi connectivity index (χ1n) is 7.08. The number of aryl methyl sites for hydroxylation is 1. The molecule has 1 aromatic carbocycles. The number of carbonyl (C=O) groups is 1. The first kappa shape index (κ1) is 16.4. The number of aromatic nitrogens is 2. The highest BCUT2D eigenvalue weighted by molar-refractivity contribution is 5.96. The summed E-state index contributed by atoms with van der Waals surface area (Å²) >= 11 is 0. The van der Waals surface area contributed by atoms with Gasteiger partial charge in [-0.3, -0.25) is 4.68 Å². The van der Waals surface area contributed by atoms with E-state index in [1.165, 1.54) is 11.7 Å². The van der Waals surface area contributed by atoms with Crippen LogP contribution >= 0.6 is 0 Å². The summed E-state index contributed by atoms with van der Waals surface area (Å²) in [7, 11) is 1.51. The number of nitrogens with two attached hydrogens (primary N) is 1. The van der Waals surface area contributed by atoms with E-state index in [4.69, 9.17) is 15.6 Å². The van der Waals surface area contributed by atoms with Gasteiger partial charge in [-0.15, -0.1) is 0 Å². The van der Waals surface area contributed by atoms with Crippen LogP contribution in [0.3, 0.4) is 0 Å². The minimum atomic E-state index is -1.15. The summed E-state index contributed by atoms with van der Waals surface area (Å²) < 4.78 is 6.81. The first-order valence-corrected chi connectivity index (χ1v) is 7.08. The van der Waals surface area contributed by atoms with Crippen LogP contribution in [0, 0.1) is 17.2 Å². The molecule has 1 heterocycles. The van der Waals surface area contributed by atoms with Gasteiger partial charge in [-0.25, -0.2) is 4.79 Å². The van der Waals surface area contributed by atoms with Crippen molar-refractivity contribution in [2.24, 2.45) is 13.0 Å². The number of aromatic carboxylic acids is 1. The van der Waals surface area contributed by atoms with E-state index in [-0.39, 0.29) is 11.4 Å². The maximum absolute atomic E-state index is 11.2. The van der Waals surface area contributed by atoms with Crippen molar-refractivity contribution in [1.82, 2.24) is 9.78 Å². The summed E-state index contributed by atoms with van der Waals surface area (Å²) in [6.07, 6.45) is 0. The molecule has 0 fully saturated rings. The molecule has 0 unspecified atom stereocenters. The topological polar surface area (TPSA) is 114 Å². The van der Waals surface area contributed by atoms with E-state index in [1.807, 2.05) is 13.8 Å². The molecule has 120 valence electrons.